The second-order valence-corrected chi connectivity index (χ2v) is 11.4. The minimum atomic E-state index is -0.954. The van der Waals surface area contributed by atoms with Crippen molar-refractivity contribution >= 4 is 29.1 Å². The zero-order valence-corrected chi connectivity index (χ0v) is 24.9. The van der Waals surface area contributed by atoms with Crippen LogP contribution >= 0.6 is 11.3 Å². The molecule has 0 saturated heterocycles. The average molecular weight is 621 g/mol. The monoisotopic (exact) mass is 620 g/mol. The van der Waals surface area contributed by atoms with Crippen LogP contribution in [0.3, 0.4) is 0 Å². The third-order valence-electron chi connectivity index (χ3n) is 7.12. The van der Waals surface area contributed by atoms with E-state index in [1.54, 1.807) is 19.2 Å². The van der Waals surface area contributed by atoms with Crippen molar-refractivity contribution in [2.75, 3.05) is 0 Å². The van der Waals surface area contributed by atoms with Crippen LogP contribution < -0.4 is 16.0 Å². The fourth-order valence-electron chi connectivity index (χ4n) is 4.42. The smallest absolute Gasteiger partial charge is 0.273 e. The Hall–Kier alpha value is -5.12. The van der Waals surface area contributed by atoms with Gasteiger partial charge in [0.05, 0.1) is 6.54 Å². The molecule has 3 atom stereocenters. The highest BCUT2D eigenvalue weighted by Crippen LogP contribution is 2.31. The Kier molecular flexibility index (Phi) is 7.82. The molecule has 1 aliphatic rings. The highest BCUT2D eigenvalue weighted by atomic mass is 32.1. The fourth-order valence-corrected chi connectivity index (χ4v) is 5.16. The summed E-state index contributed by atoms with van der Waals surface area (Å²) in [4.78, 5) is 61.9. The van der Waals surface area contributed by atoms with E-state index in [2.05, 4.69) is 40.9 Å². The van der Waals surface area contributed by atoms with Crippen LogP contribution in [0.25, 0.3) is 45.5 Å². The quantitative estimate of drug-likeness (QED) is 0.264. The van der Waals surface area contributed by atoms with E-state index in [0.29, 0.717) is 28.5 Å². The normalized spacial score (nSPS) is 18.3. The van der Waals surface area contributed by atoms with Gasteiger partial charge < -0.3 is 33.6 Å². The van der Waals surface area contributed by atoms with E-state index >= 15 is 0 Å². The predicted molar refractivity (Wildman–Crippen MR) is 153 cm³/mol. The van der Waals surface area contributed by atoms with Crippen molar-refractivity contribution in [2.24, 2.45) is 11.8 Å². The second kappa shape index (κ2) is 11.9. The number of fused-ring (bicyclic) bond motifs is 14. The highest BCUT2D eigenvalue weighted by Gasteiger charge is 2.32. The molecule has 5 aromatic rings. The van der Waals surface area contributed by atoms with E-state index in [1.807, 2.05) is 13.8 Å². The third-order valence-corrected chi connectivity index (χ3v) is 7.99. The summed E-state index contributed by atoms with van der Waals surface area (Å²) in [6.07, 6.45) is 5.91. The number of carbonyl (C=O) groups excluding carboxylic acids is 3. The molecule has 44 heavy (non-hydrogen) atoms. The van der Waals surface area contributed by atoms with Crippen molar-refractivity contribution in [3.8, 4) is 45.5 Å². The lowest BCUT2D eigenvalue weighted by Crippen LogP contribution is -2.57. The first-order valence-electron chi connectivity index (χ1n) is 13.9. The van der Waals surface area contributed by atoms with Gasteiger partial charge in [-0.2, -0.15) is 0 Å². The highest BCUT2D eigenvalue weighted by molar-refractivity contribution is 7.13. The Labute approximate surface area is 253 Å². The molecule has 0 aromatic carbocycles. The Morgan fingerprint density at radius 2 is 1.36 bits per heavy atom. The van der Waals surface area contributed by atoms with Gasteiger partial charge in [-0.25, -0.2) is 24.9 Å². The summed E-state index contributed by atoms with van der Waals surface area (Å²) >= 11 is 1.31. The molecular weight excluding hydrogens is 592 g/mol. The maximum absolute atomic E-state index is 13.5. The number of amides is 3. The molecule has 0 saturated carbocycles. The van der Waals surface area contributed by atoms with Crippen LogP contribution in [0.2, 0.25) is 0 Å². The van der Waals surface area contributed by atoms with E-state index in [1.165, 1.54) is 36.4 Å². The molecule has 10 bridgehead atoms. The van der Waals surface area contributed by atoms with Crippen LogP contribution in [0.1, 0.15) is 50.5 Å². The van der Waals surface area contributed by atoms with E-state index in [0.717, 1.165) is 0 Å². The molecule has 0 fully saturated rings. The van der Waals surface area contributed by atoms with Crippen molar-refractivity contribution in [1.82, 2.24) is 40.9 Å². The van der Waals surface area contributed by atoms with Gasteiger partial charge in [0.1, 0.15) is 53.5 Å². The van der Waals surface area contributed by atoms with Gasteiger partial charge in [0.25, 0.3) is 5.91 Å². The number of rotatable bonds is 3. The van der Waals surface area contributed by atoms with Crippen molar-refractivity contribution in [2.45, 2.75) is 52.7 Å². The number of nitrogens with one attached hydrogen (secondary N) is 3. The minimum Gasteiger partial charge on any atom is -0.446 e. The van der Waals surface area contributed by atoms with Gasteiger partial charge >= 0.3 is 0 Å². The van der Waals surface area contributed by atoms with Gasteiger partial charge in [-0.3, -0.25) is 14.4 Å². The van der Waals surface area contributed by atoms with Crippen LogP contribution in [0.4, 0.5) is 0 Å². The number of hydrogen-bond donors (Lipinski definition) is 3. The average Bonchev–Trinajstić information content (AvgIpc) is 3.84. The molecule has 228 valence electrons. The summed E-state index contributed by atoms with van der Waals surface area (Å²) in [6, 6.07) is -1.85. The summed E-state index contributed by atoms with van der Waals surface area (Å²) in [6.45, 7) is 7.29. The van der Waals surface area contributed by atoms with Crippen molar-refractivity contribution in [3.05, 3.63) is 42.0 Å². The lowest BCUT2D eigenvalue weighted by atomic mass is 9.96. The lowest BCUT2D eigenvalue weighted by Gasteiger charge is -2.27. The minimum absolute atomic E-state index is 0.0422. The van der Waals surface area contributed by atoms with Crippen LogP contribution in [0.15, 0.2) is 48.1 Å². The summed E-state index contributed by atoms with van der Waals surface area (Å²) < 4.78 is 22.2. The fraction of sp³-hybridized carbons (Fsp3) is 0.357. The van der Waals surface area contributed by atoms with E-state index in [9.17, 15) is 14.4 Å². The van der Waals surface area contributed by atoms with E-state index in [4.69, 9.17) is 17.7 Å². The maximum atomic E-state index is 13.5. The number of oxazole rings is 4. The summed E-state index contributed by atoms with van der Waals surface area (Å²) in [5, 5.41) is 10.6. The number of nitrogens with zero attached hydrogens (tertiary/aromatic N) is 5. The van der Waals surface area contributed by atoms with Gasteiger partial charge in [0.2, 0.25) is 35.4 Å². The Balaban J connectivity index is 1.35. The van der Waals surface area contributed by atoms with Gasteiger partial charge in [-0.1, -0.05) is 34.1 Å². The Morgan fingerprint density at radius 1 is 0.750 bits per heavy atom. The molecule has 6 rings (SSSR count). The molecule has 3 N–H and O–H groups in total. The molecule has 0 spiro atoms. The van der Waals surface area contributed by atoms with Crippen molar-refractivity contribution < 1.29 is 32.1 Å². The largest absolute Gasteiger partial charge is 0.446 e. The van der Waals surface area contributed by atoms with E-state index in [-0.39, 0.29) is 53.3 Å². The first-order valence-corrected chi connectivity index (χ1v) is 14.7. The van der Waals surface area contributed by atoms with Gasteiger partial charge in [0, 0.05) is 5.38 Å². The molecular formula is C28H28N8O7S. The van der Waals surface area contributed by atoms with Crippen LogP contribution in [0.5, 0.6) is 0 Å². The molecule has 3 amide bonds. The zero-order valence-electron chi connectivity index (χ0n) is 24.1. The Bertz CT molecular complexity index is 1810. The number of thiazole rings is 1. The van der Waals surface area contributed by atoms with Crippen molar-refractivity contribution in [1.29, 1.82) is 0 Å². The first-order chi connectivity index (χ1) is 21.2. The molecule has 5 aromatic heterocycles. The standard InChI is InChI=1S/C28H28N8O7S/c1-5-13(4)21-24(39)35-20(12(2)3)23(38)29-6-19-30-15(8-40-19)25-33-17(10-43-25)28-34-18(11-44-28)27-32-16(9-42-27)26-31-14(7-41-26)22(37)36-21/h7-13,20-21H,5-6H2,1-4H3,(H,29,38)(H,35,39)(H,36,37). The Morgan fingerprint density at radius 3 is 2.09 bits per heavy atom. The second-order valence-electron chi connectivity index (χ2n) is 10.6. The first kappa shape index (κ1) is 29.0. The number of hydrogen-bond acceptors (Lipinski definition) is 13. The molecule has 0 radical (unpaired) electrons. The topological polar surface area (TPSA) is 204 Å². The van der Waals surface area contributed by atoms with Crippen LogP contribution in [-0.4, -0.2) is 54.7 Å². The predicted octanol–water partition coefficient (Wildman–Crippen LogP) is 3.68. The van der Waals surface area contributed by atoms with Gasteiger partial charge in [-0.05, 0) is 11.8 Å². The SMILES string of the molecule is CCC(C)C1NC(=O)c2coc(n2)-c2coc(n2)-c2csc(n2)-c2coc(n2)-c2coc(n2)CNC(=O)C(C(C)C)NC1=O. The summed E-state index contributed by atoms with van der Waals surface area (Å²) in [7, 11) is 0. The molecule has 6 heterocycles. The molecule has 3 unspecified atom stereocenters. The lowest BCUT2D eigenvalue weighted by molar-refractivity contribution is -0.131. The summed E-state index contributed by atoms with van der Waals surface area (Å²) in [5.74, 6) is -1.44. The zero-order chi connectivity index (χ0) is 31.0. The number of aromatic nitrogens is 5. The molecule has 1 aliphatic heterocycles. The molecule has 16 heteroatoms. The summed E-state index contributed by atoms with van der Waals surface area (Å²) in [5.41, 5.74) is 1.43. The van der Waals surface area contributed by atoms with Crippen LogP contribution in [-0.2, 0) is 16.1 Å². The van der Waals surface area contributed by atoms with Crippen molar-refractivity contribution in [3.63, 3.8) is 0 Å². The maximum Gasteiger partial charge on any atom is 0.273 e. The number of carbonyl (C=O) groups is 3. The van der Waals surface area contributed by atoms with Gasteiger partial charge in [0.15, 0.2) is 17.1 Å². The van der Waals surface area contributed by atoms with E-state index < -0.39 is 29.8 Å². The third kappa shape index (κ3) is 5.75. The van der Waals surface area contributed by atoms with Crippen LogP contribution in [0, 0.1) is 11.8 Å². The molecule has 15 nitrogen and oxygen atoms in total. The molecule has 0 aliphatic carbocycles. The van der Waals surface area contributed by atoms with Gasteiger partial charge in [-0.15, -0.1) is 11.3 Å².